The van der Waals surface area contributed by atoms with Gasteiger partial charge in [0.05, 0.1) is 0 Å². The molecule has 0 N–H and O–H groups in total. The highest BCUT2D eigenvalue weighted by Gasteiger charge is 2.32. The Morgan fingerprint density at radius 2 is 0.974 bits per heavy atom. The van der Waals surface area contributed by atoms with Gasteiger partial charge in [-0.2, -0.15) is 0 Å². The molecule has 1 atom stereocenters. The molecule has 0 saturated carbocycles. The second-order valence-corrected chi connectivity index (χ2v) is 9.90. The van der Waals surface area contributed by atoms with Crippen molar-refractivity contribution in [1.82, 2.24) is 0 Å². The van der Waals surface area contributed by atoms with Crippen molar-refractivity contribution in [2.75, 3.05) is 0 Å². The minimum absolute atomic E-state index is 0.101. The van der Waals surface area contributed by atoms with E-state index in [4.69, 9.17) is 0 Å². The third-order valence-electron chi connectivity index (χ3n) is 7.58. The summed E-state index contributed by atoms with van der Waals surface area (Å²) >= 11 is 0. The van der Waals surface area contributed by atoms with Gasteiger partial charge >= 0.3 is 0 Å². The number of hydrogen-bond acceptors (Lipinski definition) is 0. The molecule has 0 heteroatoms. The van der Waals surface area contributed by atoms with Gasteiger partial charge in [0.25, 0.3) is 0 Å². The summed E-state index contributed by atoms with van der Waals surface area (Å²) in [5, 5.41) is 2.43. The molecular weight excluding hydrogens is 468 g/mol. The molecule has 0 heterocycles. The summed E-state index contributed by atoms with van der Waals surface area (Å²) in [5.41, 5.74) is 11.0. The summed E-state index contributed by atoms with van der Waals surface area (Å²) in [7, 11) is 0. The van der Waals surface area contributed by atoms with Gasteiger partial charge in [0.1, 0.15) is 0 Å². The normalized spacial score (nSPS) is 13.8. The maximum absolute atomic E-state index is 3.67. The molecule has 0 aliphatic heterocycles. The predicted octanol–water partition coefficient (Wildman–Crippen LogP) is 9.48. The van der Waals surface area contributed by atoms with Crippen LogP contribution in [0.4, 0.5) is 0 Å². The van der Waals surface area contributed by atoms with E-state index in [2.05, 4.69) is 145 Å². The van der Waals surface area contributed by atoms with Crippen molar-refractivity contribution in [3.8, 4) is 23.0 Å². The highest BCUT2D eigenvalue weighted by Crippen LogP contribution is 2.51. The van der Waals surface area contributed by atoms with Gasteiger partial charge in [0, 0.05) is 17.0 Å². The number of fused-ring (bicyclic) bond motifs is 2. The number of benzene rings is 6. The molecule has 39 heavy (non-hydrogen) atoms. The van der Waals surface area contributed by atoms with E-state index in [0.717, 1.165) is 11.1 Å². The van der Waals surface area contributed by atoms with Crippen LogP contribution in [0.1, 0.15) is 39.3 Å². The molecule has 7 rings (SSSR count). The summed E-state index contributed by atoms with van der Waals surface area (Å²) in [6, 6.07) is 51.5. The smallest absolute Gasteiger partial charge is 0.0375 e. The van der Waals surface area contributed by atoms with Crippen molar-refractivity contribution >= 4 is 16.3 Å². The van der Waals surface area contributed by atoms with Crippen LogP contribution in [-0.2, 0) is 0 Å². The van der Waals surface area contributed by atoms with E-state index in [1.807, 2.05) is 18.2 Å². The van der Waals surface area contributed by atoms with Crippen molar-refractivity contribution in [2.24, 2.45) is 0 Å². The van der Waals surface area contributed by atoms with E-state index >= 15 is 0 Å². The first-order valence-corrected chi connectivity index (χ1v) is 13.4. The zero-order chi connectivity index (χ0) is 26.0. The van der Waals surface area contributed by atoms with Crippen LogP contribution in [0, 0.1) is 11.8 Å². The minimum Gasteiger partial charge on any atom is -0.0641 e. The molecule has 0 nitrogen and oxygen atoms in total. The summed E-state index contributed by atoms with van der Waals surface area (Å²) in [6.07, 6.45) is 2.45. The second-order valence-electron chi connectivity index (χ2n) is 9.90. The van der Waals surface area contributed by atoms with Gasteiger partial charge in [-0.25, -0.2) is 0 Å². The summed E-state index contributed by atoms with van der Waals surface area (Å²) in [6.45, 7) is 0. The largest absolute Gasteiger partial charge is 0.0641 e. The lowest BCUT2D eigenvalue weighted by molar-refractivity contribution is 1.05. The highest BCUT2D eigenvalue weighted by atomic mass is 14.3. The first kappa shape index (κ1) is 23.0. The van der Waals surface area contributed by atoms with Crippen molar-refractivity contribution in [2.45, 2.75) is 5.92 Å². The zero-order valence-electron chi connectivity index (χ0n) is 21.5. The minimum atomic E-state index is 0.101. The van der Waals surface area contributed by atoms with Gasteiger partial charge in [-0.15, -0.1) is 0 Å². The van der Waals surface area contributed by atoms with Crippen LogP contribution in [0.25, 0.3) is 27.5 Å². The average molecular weight is 495 g/mol. The molecule has 1 aliphatic rings. The lowest BCUT2D eigenvalue weighted by Gasteiger charge is -2.21. The van der Waals surface area contributed by atoms with Crippen molar-refractivity contribution in [3.63, 3.8) is 0 Å². The summed E-state index contributed by atoms with van der Waals surface area (Å²) in [5.74, 6) is 7.27. The molecular formula is C39H26. The fourth-order valence-corrected chi connectivity index (χ4v) is 5.86. The van der Waals surface area contributed by atoms with Crippen molar-refractivity contribution < 1.29 is 0 Å². The fourth-order valence-electron chi connectivity index (χ4n) is 5.86. The number of allylic oxidation sites excluding steroid dienone is 1. The van der Waals surface area contributed by atoms with Crippen molar-refractivity contribution in [3.05, 3.63) is 185 Å². The van der Waals surface area contributed by atoms with Crippen LogP contribution in [0.15, 0.2) is 152 Å². The van der Waals surface area contributed by atoms with Crippen molar-refractivity contribution in [1.29, 1.82) is 0 Å². The molecule has 0 amide bonds. The quantitative estimate of drug-likeness (QED) is 0.215. The predicted molar refractivity (Wildman–Crippen MR) is 164 cm³/mol. The molecule has 1 aliphatic carbocycles. The Morgan fingerprint density at radius 3 is 1.64 bits per heavy atom. The first-order valence-electron chi connectivity index (χ1n) is 13.4. The Balaban J connectivity index is 1.63. The second kappa shape index (κ2) is 9.97. The third kappa shape index (κ3) is 4.15. The third-order valence-corrected chi connectivity index (χ3v) is 7.58. The molecule has 0 fully saturated rings. The average Bonchev–Trinajstić information content (AvgIpc) is 3.41. The van der Waals surface area contributed by atoms with Crippen LogP contribution < -0.4 is 0 Å². The van der Waals surface area contributed by atoms with Crippen LogP contribution in [-0.4, -0.2) is 0 Å². The molecule has 0 unspecified atom stereocenters. The van der Waals surface area contributed by atoms with Gasteiger partial charge in [0.2, 0.25) is 0 Å². The summed E-state index contributed by atoms with van der Waals surface area (Å²) < 4.78 is 0. The fraction of sp³-hybridized carbons (Fsp3) is 0.0256. The van der Waals surface area contributed by atoms with Gasteiger partial charge in [-0.05, 0) is 61.9 Å². The van der Waals surface area contributed by atoms with Gasteiger partial charge in [-0.3, -0.25) is 0 Å². The molecule has 6 aromatic carbocycles. The van der Waals surface area contributed by atoms with Gasteiger partial charge in [-0.1, -0.05) is 151 Å². The maximum Gasteiger partial charge on any atom is 0.0375 e. The number of hydrogen-bond donors (Lipinski definition) is 0. The van der Waals surface area contributed by atoms with Gasteiger partial charge < -0.3 is 0 Å². The Kier molecular flexibility index (Phi) is 5.89. The molecule has 0 aromatic heterocycles. The maximum atomic E-state index is 3.67. The van der Waals surface area contributed by atoms with Crippen LogP contribution >= 0.6 is 0 Å². The van der Waals surface area contributed by atoms with Crippen LogP contribution in [0.3, 0.4) is 0 Å². The van der Waals surface area contributed by atoms with E-state index < -0.39 is 0 Å². The molecule has 0 radical (unpaired) electrons. The Bertz CT molecular complexity index is 1870. The molecule has 182 valence electrons. The zero-order valence-corrected chi connectivity index (χ0v) is 21.5. The summed E-state index contributed by atoms with van der Waals surface area (Å²) in [4.78, 5) is 0. The molecule has 0 spiro atoms. The van der Waals surface area contributed by atoms with E-state index in [9.17, 15) is 0 Å². The molecule has 6 aromatic rings. The van der Waals surface area contributed by atoms with E-state index in [1.165, 1.54) is 49.7 Å². The van der Waals surface area contributed by atoms with Gasteiger partial charge in [0.15, 0.2) is 0 Å². The Labute approximate surface area is 229 Å². The Hall–Kier alpha value is -5.12. The topological polar surface area (TPSA) is 0 Å². The lowest BCUT2D eigenvalue weighted by atomic mass is 9.81. The highest BCUT2D eigenvalue weighted by molar-refractivity contribution is 6.09. The SMILES string of the molecule is C(#Cc1c2c(c(-c3ccccc3)c3ccccc13)C(c1ccccc1)=C[C@H]2c1ccccc1)c1ccccc1. The first-order chi connectivity index (χ1) is 19.4. The van der Waals surface area contributed by atoms with Crippen LogP contribution in [0.5, 0.6) is 0 Å². The van der Waals surface area contributed by atoms with E-state index in [1.54, 1.807) is 0 Å². The number of rotatable bonds is 3. The monoisotopic (exact) mass is 494 g/mol. The molecule has 0 bridgehead atoms. The lowest BCUT2D eigenvalue weighted by Crippen LogP contribution is -2.03. The van der Waals surface area contributed by atoms with E-state index in [0.29, 0.717) is 0 Å². The van der Waals surface area contributed by atoms with Crippen LogP contribution in [0.2, 0.25) is 0 Å². The molecule has 0 saturated heterocycles. The Morgan fingerprint density at radius 1 is 0.436 bits per heavy atom. The standard InChI is InChI=1S/C39H26/c1-5-15-28(16-6-1)25-26-34-32-23-13-14-24-33(32)37(31-21-11-4-12-22-31)39-36(30-19-9-3-10-20-30)27-35(38(34)39)29-17-7-2-8-18-29/h1-24,27,35H/t35-/m0/s1. The van der Waals surface area contributed by atoms with E-state index in [-0.39, 0.29) is 5.92 Å².